The number of halogens is 3. The third-order valence-electron chi connectivity index (χ3n) is 2.63. The molecule has 0 radical (unpaired) electrons. The van der Waals surface area contributed by atoms with Crippen LogP contribution < -0.4 is 10.7 Å². The number of hydrogen-bond donors (Lipinski definition) is 2. The van der Waals surface area contributed by atoms with Crippen LogP contribution in [0.1, 0.15) is 5.56 Å². The largest absolute Gasteiger partial charge is 0.329 e. The molecule has 2 amide bonds. The van der Waals surface area contributed by atoms with E-state index in [4.69, 9.17) is 34.8 Å². The Labute approximate surface area is 147 Å². The quantitative estimate of drug-likeness (QED) is 0.491. The molecular formula is C15H10Cl3N3O2. The molecule has 2 rings (SSSR count). The molecule has 2 N–H and O–H groups in total. The zero-order valence-corrected chi connectivity index (χ0v) is 13.8. The van der Waals surface area contributed by atoms with Gasteiger partial charge in [0.2, 0.25) is 0 Å². The highest BCUT2D eigenvalue weighted by Crippen LogP contribution is 2.29. The fourth-order valence-corrected chi connectivity index (χ4v) is 2.13. The number of benzene rings is 2. The van der Waals surface area contributed by atoms with Crippen molar-refractivity contribution in [3.8, 4) is 0 Å². The van der Waals surface area contributed by atoms with E-state index in [-0.39, 0.29) is 15.7 Å². The van der Waals surface area contributed by atoms with E-state index in [9.17, 15) is 9.59 Å². The van der Waals surface area contributed by atoms with Crippen LogP contribution in [0.2, 0.25) is 15.1 Å². The molecule has 0 spiro atoms. The molecule has 23 heavy (non-hydrogen) atoms. The van der Waals surface area contributed by atoms with Gasteiger partial charge >= 0.3 is 11.8 Å². The predicted molar refractivity (Wildman–Crippen MR) is 92.3 cm³/mol. The summed E-state index contributed by atoms with van der Waals surface area (Å²) in [5.41, 5.74) is 3.02. The summed E-state index contributed by atoms with van der Waals surface area (Å²) in [5, 5.41) is 6.98. The first-order valence-electron chi connectivity index (χ1n) is 6.31. The van der Waals surface area contributed by atoms with Gasteiger partial charge in [-0.05, 0) is 29.8 Å². The first kappa shape index (κ1) is 17.3. The lowest BCUT2D eigenvalue weighted by molar-refractivity contribution is -0.136. The number of carbonyl (C=O) groups is 2. The minimum Gasteiger partial charge on any atom is -0.316 e. The molecular weight excluding hydrogens is 361 g/mol. The second-order valence-corrected chi connectivity index (χ2v) is 5.53. The van der Waals surface area contributed by atoms with Crippen molar-refractivity contribution in [2.75, 3.05) is 5.32 Å². The molecule has 2 aromatic carbocycles. The van der Waals surface area contributed by atoms with E-state index in [1.54, 1.807) is 36.4 Å². The summed E-state index contributed by atoms with van der Waals surface area (Å²) in [5.74, 6) is -1.86. The number of nitrogens with zero attached hydrogens (tertiary/aromatic N) is 1. The van der Waals surface area contributed by atoms with Gasteiger partial charge < -0.3 is 5.32 Å². The fraction of sp³-hybridized carbons (Fsp3) is 0. The maximum absolute atomic E-state index is 11.8. The van der Waals surface area contributed by atoms with Gasteiger partial charge in [-0.1, -0.05) is 53.0 Å². The van der Waals surface area contributed by atoms with Crippen LogP contribution in [0.25, 0.3) is 0 Å². The summed E-state index contributed by atoms with van der Waals surface area (Å²) in [6, 6.07) is 11.5. The minimum absolute atomic E-state index is 0.151. The third-order valence-corrected chi connectivity index (χ3v) is 3.69. The smallest absolute Gasteiger partial charge is 0.316 e. The number of anilines is 1. The minimum atomic E-state index is -0.945. The van der Waals surface area contributed by atoms with Gasteiger partial charge in [0.15, 0.2) is 0 Å². The van der Waals surface area contributed by atoms with Crippen LogP contribution in [-0.4, -0.2) is 18.0 Å². The number of hydrazone groups is 1. The molecule has 0 fully saturated rings. The molecule has 0 aliphatic heterocycles. The lowest BCUT2D eigenvalue weighted by Crippen LogP contribution is -2.32. The van der Waals surface area contributed by atoms with Crippen molar-refractivity contribution in [2.45, 2.75) is 0 Å². The van der Waals surface area contributed by atoms with E-state index in [0.29, 0.717) is 10.6 Å². The molecule has 0 bridgehead atoms. The highest BCUT2D eigenvalue weighted by atomic mass is 35.5. The fourth-order valence-electron chi connectivity index (χ4n) is 1.58. The van der Waals surface area contributed by atoms with Crippen molar-refractivity contribution in [3.05, 3.63) is 63.1 Å². The van der Waals surface area contributed by atoms with E-state index in [1.807, 2.05) is 0 Å². The van der Waals surface area contributed by atoms with Crippen LogP contribution in [0, 0.1) is 0 Å². The first-order valence-corrected chi connectivity index (χ1v) is 7.44. The Hall–Kier alpha value is -2.08. The summed E-state index contributed by atoms with van der Waals surface area (Å²) in [6.07, 6.45) is 1.36. The Kier molecular flexibility index (Phi) is 5.98. The average Bonchev–Trinajstić information content (AvgIpc) is 2.51. The van der Waals surface area contributed by atoms with Crippen LogP contribution in [0.3, 0.4) is 0 Å². The van der Waals surface area contributed by atoms with Gasteiger partial charge in [-0.25, -0.2) is 5.43 Å². The maximum Gasteiger partial charge on any atom is 0.329 e. The normalized spacial score (nSPS) is 10.6. The summed E-state index contributed by atoms with van der Waals surface area (Å²) in [7, 11) is 0. The van der Waals surface area contributed by atoms with Crippen molar-refractivity contribution in [1.29, 1.82) is 0 Å². The van der Waals surface area contributed by atoms with E-state index < -0.39 is 11.8 Å². The van der Waals surface area contributed by atoms with Crippen molar-refractivity contribution >= 4 is 58.5 Å². The second-order valence-electron chi connectivity index (χ2n) is 4.31. The summed E-state index contributed by atoms with van der Waals surface area (Å²) >= 11 is 17.6. The molecule has 0 atom stereocenters. The van der Waals surface area contributed by atoms with Crippen LogP contribution in [-0.2, 0) is 9.59 Å². The Morgan fingerprint density at radius 3 is 2.48 bits per heavy atom. The number of rotatable bonds is 3. The Morgan fingerprint density at radius 2 is 1.74 bits per heavy atom. The predicted octanol–water partition coefficient (Wildman–Crippen LogP) is 3.74. The van der Waals surface area contributed by atoms with Gasteiger partial charge in [-0.15, -0.1) is 0 Å². The van der Waals surface area contributed by atoms with Crippen LogP contribution in [0.4, 0.5) is 5.69 Å². The molecule has 0 heterocycles. The van der Waals surface area contributed by atoms with Crippen LogP contribution >= 0.6 is 34.8 Å². The van der Waals surface area contributed by atoms with Gasteiger partial charge in [0, 0.05) is 5.02 Å². The van der Waals surface area contributed by atoms with Gasteiger partial charge in [0.05, 0.1) is 21.9 Å². The lowest BCUT2D eigenvalue weighted by atomic mass is 10.2. The zero-order valence-electron chi connectivity index (χ0n) is 11.5. The average molecular weight is 371 g/mol. The number of hydrogen-bond acceptors (Lipinski definition) is 3. The molecule has 0 aromatic heterocycles. The van der Waals surface area contributed by atoms with Crippen LogP contribution in [0.5, 0.6) is 0 Å². The monoisotopic (exact) mass is 369 g/mol. The Bertz CT molecular complexity index is 778. The lowest BCUT2D eigenvalue weighted by Gasteiger charge is -2.06. The molecule has 2 aromatic rings. The summed E-state index contributed by atoms with van der Waals surface area (Å²) < 4.78 is 0. The van der Waals surface area contributed by atoms with E-state index in [2.05, 4.69) is 15.8 Å². The maximum atomic E-state index is 11.8. The van der Waals surface area contributed by atoms with Crippen molar-refractivity contribution in [3.63, 3.8) is 0 Å². The molecule has 0 saturated carbocycles. The van der Waals surface area contributed by atoms with E-state index in [1.165, 1.54) is 12.3 Å². The molecule has 118 valence electrons. The summed E-state index contributed by atoms with van der Waals surface area (Å²) in [6.45, 7) is 0. The summed E-state index contributed by atoms with van der Waals surface area (Å²) in [4.78, 5) is 23.4. The molecule has 0 unspecified atom stereocenters. The van der Waals surface area contributed by atoms with E-state index in [0.717, 1.165) is 0 Å². The topological polar surface area (TPSA) is 70.6 Å². The first-order chi connectivity index (χ1) is 11.0. The number of carbonyl (C=O) groups excluding carboxylic acids is 2. The highest BCUT2D eigenvalue weighted by molar-refractivity contribution is 6.45. The number of amides is 2. The molecule has 5 nitrogen and oxygen atoms in total. The Balaban J connectivity index is 1.95. The van der Waals surface area contributed by atoms with Crippen LogP contribution in [0.15, 0.2) is 47.6 Å². The van der Waals surface area contributed by atoms with E-state index >= 15 is 0 Å². The Morgan fingerprint density at radius 1 is 1.00 bits per heavy atom. The van der Waals surface area contributed by atoms with Gasteiger partial charge in [-0.3, -0.25) is 9.59 Å². The SMILES string of the molecule is O=C(N/N=C/c1cccc(Cl)c1)C(=O)Nc1cccc(Cl)c1Cl. The standard InChI is InChI=1S/C15H10Cl3N3O2/c16-10-4-1-3-9(7-10)8-19-21-15(23)14(22)20-12-6-2-5-11(17)13(12)18/h1-8H,(H,20,22)(H,21,23)/b19-8+. The van der Waals surface area contributed by atoms with Gasteiger partial charge in [0.25, 0.3) is 0 Å². The molecule has 0 aliphatic carbocycles. The van der Waals surface area contributed by atoms with Gasteiger partial charge in [-0.2, -0.15) is 5.10 Å². The molecule has 8 heteroatoms. The zero-order chi connectivity index (χ0) is 16.8. The van der Waals surface area contributed by atoms with Gasteiger partial charge in [0.1, 0.15) is 0 Å². The molecule has 0 aliphatic rings. The molecule has 0 saturated heterocycles. The van der Waals surface area contributed by atoms with Crippen molar-refractivity contribution < 1.29 is 9.59 Å². The highest BCUT2D eigenvalue weighted by Gasteiger charge is 2.15. The second kappa shape index (κ2) is 7.97. The van der Waals surface area contributed by atoms with Crippen molar-refractivity contribution in [1.82, 2.24) is 5.43 Å². The third kappa shape index (κ3) is 4.96. The van der Waals surface area contributed by atoms with Crippen molar-refractivity contribution in [2.24, 2.45) is 5.10 Å². The number of nitrogens with one attached hydrogen (secondary N) is 2.